The van der Waals surface area contributed by atoms with Crippen molar-refractivity contribution in [2.75, 3.05) is 23.8 Å². The lowest BCUT2D eigenvalue weighted by atomic mass is 10.3. The van der Waals surface area contributed by atoms with Crippen LogP contribution in [0.1, 0.15) is 13.8 Å². The highest BCUT2D eigenvalue weighted by atomic mass is 127. The quantitative estimate of drug-likeness (QED) is 0.0353. The molecule has 0 spiro atoms. The minimum absolute atomic E-state index is 0.0142. The number of esters is 2. The van der Waals surface area contributed by atoms with Gasteiger partial charge in [-0.1, -0.05) is 92.0 Å². The van der Waals surface area contributed by atoms with Crippen LogP contribution < -0.4 is 62.5 Å². The standard InChI is InChI=1S/2C13H13F2NO7S.2C12H10I/c1-8(2)11(17)23-10-5-3-9(4-6-10)16-12(18)22-7-13(14,15)24(19,20)21;1-8(2)11(17)23-10-5-3-4-9(6-10)16-12(18)22-7-13(14,15)24(19,20)21;2*1-3-7-11(8-4-1)13-12-9-5-2-6-10-12/h2*3-6H,1,7H2,2H3,(H,16,18)(H,19,20,21);2*1-10H/q;;2*+1/p-2. The van der Waals surface area contributed by atoms with Crippen molar-refractivity contribution >= 4 is 55.7 Å². The lowest BCUT2D eigenvalue weighted by Gasteiger charge is -2.19. The summed E-state index contributed by atoms with van der Waals surface area (Å²) in [4.78, 5) is 45.2. The average molecular weight is 1290 g/mol. The highest BCUT2D eigenvalue weighted by molar-refractivity contribution is 7.87. The van der Waals surface area contributed by atoms with Crippen LogP contribution in [0.15, 0.2) is 194 Å². The number of carbonyl (C=O) groups is 4. The van der Waals surface area contributed by atoms with Crippen LogP contribution >= 0.6 is 0 Å². The van der Waals surface area contributed by atoms with Crippen molar-refractivity contribution in [3.05, 3.63) is 208 Å². The summed E-state index contributed by atoms with van der Waals surface area (Å²) in [6, 6.07) is 53.2. The largest absolute Gasteiger partial charge is 0.743 e. The molecule has 6 aromatic rings. The van der Waals surface area contributed by atoms with Gasteiger partial charge in [0.15, 0.2) is 47.7 Å². The molecule has 0 aromatic heterocycles. The van der Waals surface area contributed by atoms with Gasteiger partial charge in [-0.25, -0.2) is 36.0 Å². The molecule has 0 saturated heterocycles. The summed E-state index contributed by atoms with van der Waals surface area (Å²) in [7, 11) is -11.9. The Kier molecular flexibility index (Phi) is 24.8. The van der Waals surface area contributed by atoms with E-state index in [1.165, 1.54) is 76.7 Å². The predicted molar refractivity (Wildman–Crippen MR) is 254 cm³/mol. The number of alkyl halides is 4. The van der Waals surface area contributed by atoms with E-state index in [9.17, 15) is 62.7 Å². The molecule has 0 fully saturated rings. The third-order valence-electron chi connectivity index (χ3n) is 8.14. The molecule has 0 atom stereocenters. The van der Waals surface area contributed by atoms with Crippen LogP contribution in [-0.2, 0) is 39.3 Å². The van der Waals surface area contributed by atoms with E-state index in [4.69, 9.17) is 9.47 Å². The number of nitrogens with one attached hydrogen (secondary N) is 2. The summed E-state index contributed by atoms with van der Waals surface area (Å²) in [6.07, 6.45) is -2.83. The molecular weight excluding hydrogens is 1250 g/mol. The zero-order valence-electron chi connectivity index (χ0n) is 38.8. The van der Waals surface area contributed by atoms with E-state index in [2.05, 4.69) is 144 Å². The number of rotatable bonds is 16. The van der Waals surface area contributed by atoms with Gasteiger partial charge in [-0.2, -0.15) is 17.6 Å². The number of amides is 2. The number of halogens is 6. The number of hydrogen-bond acceptors (Lipinski definition) is 14. The second-order valence-electron chi connectivity index (χ2n) is 14.3. The van der Waals surface area contributed by atoms with E-state index < -0.39 is 68.1 Å². The third-order valence-corrected chi connectivity index (χ3v) is 15.2. The van der Waals surface area contributed by atoms with E-state index in [-0.39, 0.29) is 76.4 Å². The number of ether oxygens (including phenoxy) is 4. The molecular formula is C50H44F4I2N2O14S2. The Morgan fingerprint density at radius 1 is 0.486 bits per heavy atom. The van der Waals surface area contributed by atoms with Crippen molar-refractivity contribution in [2.24, 2.45) is 0 Å². The van der Waals surface area contributed by atoms with Gasteiger partial charge >= 0.3 is 77.0 Å². The van der Waals surface area contributed by atoms with Gasteiger partial charge in [-0.05, 0) is 98.8 Å². The molecule has 6 rings (SSSR count). The third kappa shape index (κ3) is 23.4. The fraction of sp³-hybridized carbons (Fsp3) is 0.120. The van der Waals surface area contributed by atoms with Crippen LogP contribution in [0, 0.1) is 14.3 Å². The van der Waals surface area contributed by atoms with Crippen molar-refractivity contribution < 1.29 is 124 Å². The Morgan fingerprint density at radius 2 is 0.811 bits per heavy atom. The van der Waals surface area contributed by atoms with E-state index in [1.807, 2.05) is 10.6 Å². The summed E-state index contributed by atoms with van der Waals surface area (Å²) >= 11 is 0.0574. The van der Waals surface area contributed by atoms with Crippen LogP contribution in [0.4, 0.5) is 38.5 Å². The minimum atomic E-state index is -5.95. The van der Waals surface area contributed by atoms with Gasteiger partial charge in [-0.3, -0.25) is 10.6 Å². The first kappa shape index (κ1) is 61.6. The van der Waals surface area contributed by atoms with Gasteiger partial charge in [0.25, 0.3) is 0 Å². The maximum absolute atomic E-state index is 12.8. The maximum Gasteiger partial charge on any atom is 0.411 e. The Morgan fingerprint density at radius 3 is 1.14 bits per heavy atom. The minimum Gasteiger partial charge on any atom is -0.743 e. The number of anilines is 2. The van der Waals surface area contributed by atoms with Crippen molar-refractivity contribution in [3.63, 3.8) is 0 Å². The molecule has 0 aliphatic heterocycles. The molecule has 16 nitrogen and oxygen atoms in total. The summed E-state index contributed by atoms with van der Waals surface area (Å²) in [5, 5.41) is -5.45. The second kappa shape index (κ2) is 29.8. The van der Waals surface area contributed by atoms with Crippen molar-refractivity contribution in [1.82, 2.24) is 0 Å². The monoisotopic (exact) mass is 1290 g/mol. The van der Waals surface area contributed by atoms with E-state index in [0.717, 1.165) is 0 Å². The van der Waals surface area contributed by atoms with Crippen LogP contribution in [0.25, 0.3) is 0 Å². The fourth-order valence-corrected chi connectivity index (χ4v) is 9.49. The molecule has 24 heteroatoms. The van der Waals surface area contributed by atoms with E-state index in [1.54, 1.807) is 0 Å². The van der Waals surface area contributed by atoms with Gasteiger partial charge in [0.05, 0.1) is 0 Å². The van der Waals surface area contributed by atoms with Crippen LogP contribution in [0.3, 0.4) is 0 Å². The average Bonchev–Trinajstić information content (AvgIpc) is 3.35. The van der Waals surface area contributed by atoms with Crippen LogP contribution in [0.5, 0.6) is 11.5 Å². The molecule has 74 heavy (non-hydrogen) atoms. The second-order valence-corrected chi connectivity index (χ2v) is 23.4. The lowest BCUT2D eigenvalue weighted by molar-refractivity contribution is -0.597. The van der Waals surface area contributed by atoms with Crippen molar-refractivity contribution in [1.29, 1.82) is 0 Å². The first-order valence-electron chi connectivity index (χ1n) is 20.7. The number of hydrogen-bond donors (Lipinski definition) is 2. The summed E-state index contributed by atoms with van der Waals surface area (Å²) in [5.41, 5.74) is 0.410. The maximum atomic E-state index is 12.8. The molecule has 0 radical (unpaired) electrons. The molecule has 2 amide bonds. The molecule has 6 aromatic carbocycles. The van der Waals surface area contributed by atoms with Crippen LogP contribution in [0.2, 0.25) is 0 Å². The first-order valence-corrected chi connectivity index (χ1v) is 27.9. The van der Waals surface area contributed by atoms with Gasteiger partial charge < -0.3 is 28.1 Å². The highest BCUT2D eigenvalue weighted by Crippen LogP contribution is 2.23. The molecule has 0 aliphatic rings. The zero-order chi connectivity index (χ0) is 55.0. The Balaban J connectivity index is 0.000000270. The molecule has 0 heterocycles. The number of benzene rings is 6. The first-order chi connectivity index (χ1) is 34.7. The van der Waals surface area contributed by atoms with Gasteiger partial charge in [-0.15, -0.1) is 0 Å². The van der Waals surface area contributed by atoms with Gasteiger partial charge in [0.1, 0.15) is 11.5 Å². The molecule has 392 valence electrons. The van der Waals surface area contributed by atoms with Gasteiger partial charge in [0.2, 0.25) is 0 Å². The SMILES string of the molecule is C=C(C)C(=O)Oc1ccc(NC(=O)OCC(F)(F)S(=O)(=O)[O-])cc1.C=C(C)C(=O)Oc1cccc(NC(=O)OCC(F)(F)S(=O)(=O)[O-])c1.c1ccc([I+]c2ccccc2)cc1.c1ccc([I+]c2ccccc2)cc1. The Hall–Kier alpha value is -6.72. The van der Waals surface area contributed by atoms with E-state index >= 15 is 0 Å². The smallest absolute Gasteiger partial charge is 0.411 e. The summed E-state index contributed by atoms with van der Waals surface area (Å²) in [5.74, 6) is -1.19. The lowest BCUT2D eigenvalue weighted by Crippen LogP contribution is -3.61. The molecule has 0 saturated carbocycles. The van der Waals surface area contributed by atoms with Crippen LogP contribution in [-0.4, -0.2) is 73.8 Å². The fourth-order valence-electron chi connectivity index (χ4n) is 4.55. The van der Waals surface area contributed by atoms with Crippen molar-refractivity contribution in [2.45, 2.75) is 24.4 Å². The van der Waals surface area contributed by atoms with Crippen molar-refractivity contribution in [3.8, 4) is 11.5 Å². The Labute approximate surface area is 444 Å². The highest BCUT2D eigenvalue weighted by Gasteiger charge is 2.40. The Bertz CT molecular complexity index is 2890. The molecule has 0 aliphatic carbocycles. The summed E-state index contributed by atoms with van der Waals surface area (Å²) in [6.45, 7) is 5.79. The molecule has 2 N–H and O–H groups in total. The molecule has 0 unspecified atom stereocenters. The topological polar surface area (TPSA) is 244 Å². The summed E-state index contributed by atoms with van der Waals surface area (Å²) < 4.78 is 136. The normalized spacial score (nSPS) is 10.9. The number of carbonyl (C=O) groups excluding carboxylic acids is 4. The predicted octanol–water partition coefficient (Wildman–Crippen LogP) is 3.34. The molecule has 0 bridgehead atoms. The van der Waals surface area contributed by atoms with Gasteiger partial charge in [0, 0.05) is 28.6 Å². The zero-order valence-corrected chi connectivity index (χ0v) is 44.7. The van der Waals surface area contributed by atoms with E-state index in [0.29, 0.717) is 0 Å².